The maximum Gasteiger partial charge on any atom is 0.246 e. The number of nitrogens with zero attached hydrogens (tertiary/aromatic N) is 2. The zero-order chi connectivity index (χ0) is 11.4. The molecular formula is C11H17N3O2. The quantitative estimate of drug-likeness (QED) is 0.844. The van der Waals surface area contributed by atoms with Crippen LogP contribution in [0.25, 0.3) is 0 Å². The van der Waals surface area contributed by atoms with Crippen molar-refractivity contribution in [2.75, 3.05) is 0 Å². The molecule has 1 aromatic heterocycles. The Hall–Kier alpha value is -1.39. The lowest BCUT2D eigenvalue weighted by Gasteiger charge is -2.20. The molecule has 1 aromatic rings. The van der Waals surface area contributed by atoms with Gasteiger partial charge >= 0.3 is 0 Å². The molecule has 1 amide bonds. The largest absolute Gasteiger partial charge is 0.347 e. The lowest BCUT2D eigenvalue weighted by Crippen LogP contribution is -2.31. The van der Waals surface area contributed by atoms with Gasteiger partial charge in [-0.2, -0.15) is 4.98 Å². The van der Waals surface area contributed by atoms with Crippen molar-refractivity contribution in [1.29, 1.82) is 0 Å². The molecule has 1 fully saturated rings. The fourth-order valence-electron chi connectivity index (χ4n) is 2.08. The fraction of sp³-hybridized carbons (Fsp3) is 0.727. The molecule has 0 saturated heterocycles. The molecule has 88 valence electrons. The summed E-state index contributed by atoms with van der Waals surface area (Å²) in [6, 6.07) is 0. The van der Waals surface area contributed by atoms with Crippen LogP contribution in [0.1, 0.15) is 43.8 Å². The average Bonchev–Trinajstić information content (AvgIpc) is 2.73. The van der Waals surface area contributed by atoms with E-state index >= 15 is 0 Å². The normalized spacial score (nSPS) is 17.3. The highest BCUT2D eigenvalue weighted by atomic mass is 16.5. The summed E-state index contributed by atoms with van der Waals surface area (Å²) in [7, 11) is 0. The number of carbonyl (C=O) groups excluding carboxylic acids is 1. The molecule has 1 aliphatic rings. The van der Waals surface area contributed by atoms with Gasteiger partial charge in [0.25, 0.3) is 0 Å². The number of rotatable bonds is 3. The average molecular weight is 223 g/mol. The van der Waals surface area contributed by atoms with Gasteiger partial charge in [0.2, 0.25) is 11.8 Å². The summed E-state index contributed by atoms with van der Waals surface area (Å²) in [5, 5.41) is 6.52. The second-order valence-electron chi connectivity index (χ2n) is 4.29. The van der Waals surface area contributed by atoms with Crippen LogP contribution in [0.4, 0.5) is 0 Å². The van der Waals surface area contributed by atoms with Crippen molar-refractivity contribution in [2.45, 2.75) is 45.6 Å². The molecular weight excluding hydrogens is 206 g/mol. The topological polar surface area (TPSA) is 68.0 Å². The van der Waals surface area contributed by atoms with Crippen molar-refractivity contribution >= 4 is 5.91 Å². The predicted octanol–water partition coefficient (Wildman–Crippen LogP) is 1.57. The molecule has 1 saturated carbocycles. The van der Waals surface area contributed by atoms with Gasteiger partial charge in [-0.25, -0.2) is 0 Å². The molecule has 16 heavy (non-hydrogen) atoms. The van der Waals surface area contributed by atoms with Crippen molar-refractivity contribution in [3.63, 3.8) is 0 Å². The molecule has 0 aliphatic heterocycles. The van der Waals surface area contributed by atoms with Gasteiger partial charge in [0, 0.05) is 5.92 Å². The highest BCUT2D eigenvalue weighted by Crippen LogP contribution is 2.23. The van der Waals surface area contributed by atoms with Crippen LogP contribution in [0.5, 0.6) is 0 Å². The van der Waals surface area contributed by atoms with Gasteiger partial charge in [-0.05, 0) is 19.8 Å². The van der Waals surface area contributed by atoms with Crippen LogP contribution < -0.4 is 5.32 Å². The van der Waals surface area contributed by atoms with Crippen LogP contribution in [-0.2, 0) is 11.3 Å². The minimum Gasteiger partial charge on any atom is -0.347 e. The van der Waals surface area contributed by atoms with E-state index in [9.17, 15) is 4.79 Å². The van der Waals surface area contributed by atoms with E-state index in [-0.39, 0.29) is 11.8 Å². The molecule has 0 bridgehead atoms. The Morgan fingerprint density at radius 1 is 1.44 bits per heavy atom. The molecule has 1 heterocycles. The second kappa shape index (κ2) is 5.09. The molecule has 5 heteroatoms. The van der Waals surface area contributed by atoms with E-state index in [4.69, 9.17) is 4.52 Å². The van der Waals surface area contributed by atoms with Crippen LogP contribution in [0.2, 0.25) is 0 Å². The number of hydrogen-bond donors (Lipinski definition) is 1. The first kappa shape index (κ1) is 11.1. The Kier molecular flexibility index (Phi) is 3.54. The van der Waals surface area contributed by atoms with Gasteiger partial charge in [0.1, 0.15) is 0 Å². The van der Waals surface area contributed by atoms with Gasteiger partial charge < -0.3 is 9.84 Å². The second-order valence-corrected chi connectivity index (χ2v) is 4.29. The Labute approximate surface area is 94.6 Å². The van der Waals surface area contributed by atoms with E-state index in [0.29, 0.717) is 18.3 Å². The van der Waals surface area contributed by atoms with Crippen LogP contribution in [0.3, 0.4) is 0 Å². The molecule has 0 spiro atoms. The molecule has 0 aromatic carbocycles. The summed E-state index contributed by atoms with van der Waals surface area (Å²) < 4.78 is 4.93. The van der Waals surface area contributed by atoms with Gasteiger partial charge in [0.05, 0.1) is 6.54 Å². The standard InChI is InChI=1S/C11H17N3O2/c1-8-13-10(16-14-8)7-12-11(15)9-5-3-2-4-6-9/h9H,2-7H2,1H3,(H,12,15). The van der Waals surface area contributed by atoms with Crippen LogP contribution >= 0.6 is 0 Å². The van der Waals surface area contributed by atoms with Gasteiger partial charge in [0.15, 0.2) is 5.82 Å². The monoisotopic (exact) mass is 223 g/mol. The van der Waals surface area contributed by atoms with Crippen molar-refractivity contribution in [3.05, 3.63) is 11.7 Å². The number of aromatic nitrogens is 2. The highest BCUT2D eigenvalue weighted by molar-refractivity contribution is 5.78. The van der Waals surface area contributed by atoms with Gasteiger partial charge in [-0.15, -0.1) is 0 Å². The number of carbonyl (C=O) groups is 1. The summed E-state index contributed by atoms with van der Waals surface area (Å²) in [4.78, 5) is 15.8. The third-order valence-electron chi connectivity index (χ3n) is 2.96. The summed E-state index contributed by atoms with van der Waals surface area (Å²) in [5.74, 6) is 1.37. The maximum absolute atomic E-state index is 11.8. The van der Waals surface area contributed by atoms with Crippen LogP contribution in [-0.4, -0.2) is 16.0 Å². The molecule has 0 atom stereocenters. The number of amides is 1. The predicted molar refractivity (Wildman–Crippen MR) is 57.5 cm³/mol. The zero-order valence-electron chi connectivity index (χ0n) is 9.53. The SMILES string of the molecule is Cc1noc(CNC(=O)C2CCCCC2)n1. The van der Waals surface area contributed by atoms with Crippen LogP contribution in [0.15, 0.2) is 4.52 Å². The molecule has 2 rings (SSSR count). The highest BCUT2D eigenvalue weighted by Gasteiger charge is 2.21. The van der Waals surface area contributed by atoms with Gasteiger partial charge in [-0.3, -0.25) is 4.79 Å². The Morgan fingerprint density at radius 3 is 2.81 bits per heavy atom. The van der Waals surface area contributed by atoms with Crippen molar-refractivity contribution in [3.8, 4) is 0 Å². The summed E-state index contributed by atoms with van der Waals surface area (Å²) in [6.45, 7) is 2.10. The maximum atomic E-state index is 11.8. The van der Waals surface area contributed by atoms with E-state index in [0.717, 1.165) is 25.7 Å². The first-order valence-electron chi connectivity index (χ1n) is 5.82. The minimum atomic E-state index is 0.121. The Balaban J connectivity index is 1.78. The first-order chi connectivity index (χ1) is 7.75. The van der Waals surface area contributed by atoms with Crippen LogP contribution in [0, 0.1) is 12.8 Å². The summed E-state index contributed by atoms with van der Waals surface area (Å²) >= 11 is 0. The van der Waals surface area contributed by atoms with E-state index in [1.807, 2.05) is 0 Å². The fourth-order valence-corrected chi connectivity index (χ4v) is 2.08. The Morgan fingerprint density at radius 2 is 2.19 bits per heavy atom. The zero-order valence-corrected chi connectivity index (χ0v) is 9.53. The number of aryl methyl sites for hydroxylation is 1. The summed E-state index contributed by atoms with van der Waals surface area (Å²) in [6.07, 6.45) is 5.60. The van der Waals surface area contributed by atoms with Crippen molar-refractivity contribution < 1.29 is 9.32 Å². The lowest BCUT2D eigenvalue weighted by molar-refractivity contribution is -0.126. The van der Waals surface area contributed by atoms with Crippen molar-refractivity contribution in [2.24, 2.45) is 5.92 Å². The van der Waals surface area contributed by atoms with Gasteiger partial charge in [-0.1, -0.05) is 24.4 Å². The third kappa shape index (κ3) is 2.81. The van der Waals surface area contributed by atoms with E-state index in [1.54, 1.807) is 6.92 Å². The lowest BCUT2D eigenvalue weighted by atomic mass is 9.89. The number of nitrogens with one attached hydrogen (secondary N) is 1. The van der Waals surface area contributed by atoms with E-state index in [1.165, 1.54) is 6.42 Å². The van der Waals surface area contributed by atoms with Crippen molar-refractivity contribution in [1.82, 2.24) is 15.5 Å². The third-order valence-corrected chi connectivity index (χ3v) is 2.96. The molecule has 5 nitrogen and oxygen atoms in total. The molecule has 0 unspecified atom stereocenters. The summed E-state index contributed by atoms with van der Waals surface area (Å²) in [5.41, 5.74) is 0. The Bertz CT molecular complexity index is 356. The molecule has 1 aliphatic carbocycles. The van der Waals surface area contributed by atoms with E-state index < -0.39 is 0 Å². The number of hydrogen-bond acceptors (Lipinski definition) is 4. The van der Waals surface area contributed by atoms with E-state index in [2.05, 4.69) is 15.5 Å². The minimum absolute atomic E-state index is 0.121. The molecule has 0 radical (unpaired) electrons. The molecule has 1 N–H and O–H groups in total. The smallest absolute Gasteiger partial charge is 0.246 e. The first-order valence-corrected chi connectivity index (χ1v) is 5.82.